The molecule has 3 fully saturated rings. The molecule has 5 heterocycles. The molecule has 1 amide bonds. The zero-order chi connectivity index (χ0) is 32.6. The third kappa shape index (κ3) is 4.94. The van der Waals surface area contributed by atoms with E-state index in [-0.39, 0.29) is 29.7 Å². The molecule has 5 atom stereocenters. The predicted molar refractivity (Wildman–Crippen MR) is 185 cm³/mol. The van der Waals surface area contributed by atoms with Crippen molar-refractivity contribution in [3.8, 4) is 16.9 Å². The molecular formula is C36H42ClN7O3. The second kappa shape index (κ2) is 11.7. The molecule has 2 saturated heterocycles. The van der Waals surface area contributed by atoms with Crippen LogP contribution in [0.3, 0.4) is 0 Å². The van der Waals surface area contributed by atoms with Crippen LogP contribution in [0.1, 0.15) is 57.6 Å². The number of piperazine rings is 1. The fourth-order valence-corrected chi connectivity index (χ4v) is 9.15. The summed E-state index contributed by atoms with van der Waals surface area (Å²) in [4.78, 5) is 38.3. The number of nitrogens with one attached hydrogen (secondary N) is 1. The number of carbonyl (C=O) groups is 1. The minimum atomic E-state index is -0.279. The van der Waals surface area contributed by atoms with Crippen LogP contribution < -0.4 is 15.3 Å². The van der Waals surface area contributed by atoms with Gasteiger partial charge in [-0.05, 0) is 89.1 Å². The topological polar surface area (TPSA) is 99.6 Å². The first-order chi connectivity index (χ1) is 22.7. The summed E-state index contributed by atoms with van der Waals surface area (Å²) in [5.41, 5.74) is 4.11. The number of aromatic nitrogens is 4. The maximum atomic E-state index is 14.3. The molecule has 0 unspecified atom stereocenters. The van der Waals surface area contributed by atoms with Crippen LogP contribution in [0.5, 0.6) is 5.75 Å². The second-order valence-electron chi connectivity index (χ2n) is 14.1. The highest BCUT2D eigenvalue weighted by Gasteiger charge is 2.39. The fraction of sp³-hybridized carbons (Fsp3) is 0.500. The summed E-state index contributed by atoms with van der Waals surface area (Å²) < 4.78 is 8.62. The molecule has 3 aliphatic heterocycles. The summed E-state index contributed by atoms with van der Waals surface area (Å²) in [5.74, 6) is 1.95. The van der Waals surface area contributed by atoms with Gasteiger partial charge in [-0.2, -0.15) is 10.1 Å². The van der Waals surface area contributed by atoms with Crippen LogP contribution >= 0.6 is 11.6 Å². The Kier molecular flexibility index (Phi) is 7.56. The zero-order valence-corrected chi connectivity index (χ0v) is 28.1. The second-order valence-corrected chi connectivity index (χ2v) is 14.5. The van der Waals surface area contributed by atoms with Gasteiger partial charge in [0.05, 0.1) is 28.3 Å². The molecule has 0 spiro atoms. The normalized spacial score (nSPS) is 25.6. The Bertz CT molecular complexity index is 1970. The number of hydrogen-bond donors (Lipinski definition) is 1. The molecule has 4 aliphatic rings. The number of amides is 1. The van der Waals surface area contributed by atoms with E-state index in [0.29, 0.717) is 36.3 Å². The number of rotatable bonds is 7. The minimum absolute atomic E-state index is 0.0830. The predicted octanol–water partition coefficient (Wildman–Crippen LogP) is 5.71. The first-order valence-electron chi connectivity index (χ1n) is 17.0. The zero-order valence-electron chi connectivity index (χ0n) is 27.3. The molecule has 2 bridgehead atoms. The molecule has 4 aromatic rings. The third-order valence-electron chi connectivity index (χ3n) is 11.2. The van der Waals surface area contributed by atoms with E-state index < -0.39 is 0 Å². The largest absolute Gasteiger partial charge is 0.488 e. The number of carbonyl (C=O) groups excluding carboxylic acids is 1. The van der Waals surface area contributed by atoms with Gasteiger partial charge in [0.25, 0.3) is 0 Å². The van der Waals surface area contributed by atoms with E-state index in [2.05, 4.69) is 46.5 Å². The van der Waals surface area contributed by atoms with Crippen molar-refractivity contribution >= 4 is 45.1 Å². The average Bonchev–Trinajstić information content (AvgIpc) is 3.82. The van der Waals surface area contributed by atoms with Crippen molar-refractivity contribution in [2.75, 3.05) is 37.7 Å². The number of ether oxygens (including phenoxy) is 1. The van der Waals surface area contributed by atoms with Gasteiger partial charge in [-0.1, -0.05) is 24.2 Å². The third-order valence-corrected chi connectivity index (χ3v) is 11.5. The van der Waals surface area contributed by atoms with Gasteiger partial charge in [-0.3, -0.25) is 14.5 Å². The van der Waals surface area contributed by atoms with Gasteiger partial charge in [-0.25, -0.2) is 4.79 Å². The number of aryl methyl sites for hydroxylation is 1. The Balaban J connectivity index is 1.25. The van der Waals surface area contributed by atoms with E-state index in [4.69, 9.17) is 21.3 Å². The molecule has 8 rings (SSSR count). The first kappa shape index (κ1) is 30.4. The smallest absolute Gasteiger partial charge is 0.350 e. The van der Waals surface area contributed by atoms with E-state index in [1.165, 1.54) is 31.9 Å². The molecular weight excluding hydrogens is 614 g/mol. The SMILES string of the molecule is C=CC(=O)N1C[C@H](C)N(c2nc(=O)n3c4c(c(-c5c(C)ccc6[nH]ncc56)c(Cl)cc24)OC[C@H]3CCCN2C[C@H]3CC[C@@H]2C3)C[C@H]1C. The van der Waals surface area contributed by atoms with E-state index in [1.54, 1.807) is 0 Å². The lowest BCUT2D eigenvalue weighted by molar-refractivity contribution is -0.128. The highest BCUT2D eigenvalue weighted by molar-refractivity contribution is 6.35. The molecule has 10 nitrogen and oxygen atoms in total. The molecule has 1 saturated carbocycles. The minimum Gasteiger partial charge on any atom is -0.488 e. The van der Waals surface area contributed by atoms with Crippen LogP contribution in [-0.2, 0) is 4.79 Å². The van der Waals surface area contributed by atoms with E-state index >= 15 is 0 Å². The lowest BCUT2D eigenvalue weighted by atomic mass is 9.93. The van der Waals surface area contributed by atoms with E-state index in [0.717, 1.165) is 69.8 Å². The summed E-state index contributed by atoms with van der Waals surface area (Å²) in [6.07, 6.45) is 9.02. The van der Waals surface area contributed by atoms with Gasteiger partial charge in [0.15, 0.2) is 5.75 Å². The number of fused-ring (bicyclic) bond motifs is 3. The summed E-state index contributed by atoms with van der Waals surface area (Å²) in [5, 5.41) is 9.65. The Morgan fingerprint density at radius 3 is 2.77 bits per heavy atom. The highest BCUT2D eigenvalue weighted by atomic mass is 35.5. The number of H-pyrrole nitrogens is 1. The number of halogens is 1. The lowest BCUT2D eigenvalue weighted by Crippen LogP contribution is -2.58. The molecule has 246 valence electrons. The van der Waals surface area contributed by atoms with Crippen molar-refractivity contribution in [3.63, 3.8) is 0 Å². The van der Waals surface area contributed by atoms with Crippen molar-refractivity contribution in [3.05, 3.63) is 58.1 Å². The summed E-state index contributed by atoms with van der Waals surface area (Å²) in [7, 11) is 0. The summed E-state index contributed by atoms with van der Waals surface area (Å²) in [6, 6.07) is 6.43. The number of piperidine rings is 1. The average molecular weight is 656 g/mol. The molecule has 0 radical (unpaired) electrons. The van der Waals surface area contributed by atoms with Crippen molar-refractivity contribution < 1.29 is 9.53 Å². The Hall–Kier alpha value is -3.89. The van der Waals surface area contributed by atoms with Gasteiger partial charge in [0.2, 0.25) is 5.91 Å². The number of likely N-dealkylation sites (tertiary alicyclic amines) is 1. The number of anilines is 1. The number of benzene rings is 2. The highest BCUT2D eigenvalue weighted by Crippen LogP contribution is 2.49. The molecule has 47 heavy (non-hydrogen) atoms. The van der Waals surface area contributed by atoms with Crippen LogP contribution in [0.4, 0.5) is 5.82 Å². The van der Waals surface area contributed by atoms with Gasteiger partial charge in [0, 0.05) is 59.7 Å². The fourth-order valence-electron chi connectivity index (χ4n) is 8.86. The Morgan fingerprint density at radius 2 is 2.00 bits per heavy atom. The van der Waals surface area contributed by atoms with Crippen molar-refractivity contribution in [2.45, 2.75) is 77.0 Å². The van der Waals surface area contributed by atoms with Gasteiger partial charge >= 0.3 is 5.69 Å². The van der Waals surface area contributed by atoms with E-state index in [1.807, 2.05) is 34.7 Å². The lowest BCUT2D eigenvalue weighted by Gasteiger charge is -2.45. The Morgan fingerprint density at radius 1 is 1.15 bits per heavy atom. The Labute approximate surface area is 279 Å². The molecule has 2 aromatic heterocycles. The standard InChI is InChI=1S/C36H42ClN7O3/c1-5-30(45)42-16-22(4)43(17-21(42)3)35-26-14-28(37)32(31-20(2)8-11-29-27(31)15-38-40-29)34-33(26)44(36(46)39-35)25(19-47-34)7-6-12-41-18-23-9-10-24(41)13-23/h5,8,11,14-15,21-25H,1,6-7,9-10,12-13,16-19H2,2-4H3,(H,38,40)/t21-,22+,23+,24-,25-/m1/s1. The van der Waals surface area contributed by atoms with Crippen molar-refractivity contribution in [2.24, 2.45) is 5.92 Å². The van der Waals surface area contributed by atoms with Gasteiger partial charge in [0.1, 0.15) is 12.4 Å². The van der Waals surface area contributed by atoms with Gasteiger partial charge < -0.3 is 19.4 Å². The number of nitrogens with zero attached hydrogens (tertiary/aromatic N) is 6. The van der Waals surface area contributed by atoms with Gasteiger partial charge in [-0.15, -0.1) is 0 Å². The maximum absolute atomic E-state index is 14.3. The van der Waals surface area contributed by atoms with Crippen molar-refractivity contribution in [1.82, 2.24) is 29.5 Å². The number of aromatic amines is 1. The molecule has 11 heteroatoms. The van der Waals surface area contributed by atoms with Crippen LogP contribution in [0, 0.1) is 12.8 Å². The first-order valence-corrected chi connectivity index (χ1v) is 17.4. The van der Waals surface area contributed by atoms with Crippen molar-refractivity contribution in [1.29, 1.82) is 0 Å². The maximum Gasteiger partial charge on any atom is 0.350 e. The summed E-state index contributed by atoms with van der Waals surface area (Å²) >= 11 is 7.25. The van der Waals surface area contributed by atoms with Crippen LogP contribution in [-0.4, -0.2) is 86.4 Å². The molecule has 1 aliphatic carbocycles. The van der Waals surface area contributed by atoms with Crippen LogP contribution in [0.25, 0.3) is 32.9 Å². The van der Waals surface area contributed by atoms with E-state index in [9.17, 15) is 9.59 Å². The molecule has 2 aromatic carbocycles. The monoisotopic (exact) mass is 655 g/mol. The summed E-state index contributed by atoms with van der Waals surface area (Å²) in [6.45, 7) is 13.5. The van der Waals surface area contributed by atoms with Crippen LogP contribution in [0.15, 0.2) is 41.8 Å². The number of hydrogen-bond acceptors (Lipinski definition) is 7. The molecule has 1 N–H and O–H groups in total. The van der Waals surface area contributed by atoms with Crippen LogP contribution in [0.2, 0.25) is 5.02 Å². The quantitative estimate of drug-likeness (QED) is 0.255.